The maximum Gasteiger partial charge on any atom is 0.305 e. The van der Waals surface area contributed by atoms with Crippen molar-refractivity contribution in [2.24, 2.45) is 0 Å². The Morgan fingerprint density at radius 3 is 2.46 bits per heavy atom. The van der Waals surface area contributed by atoms with Gasteiger partial charge in [0.05, 0.1) is 19.8 Å². The first kappa shape index (κ1) is 12.4. The van der Waals surface area contributed by atoms with E-state index < -0.39 is 0 Å². The SMILES string of the molecule is CCCC(=O)OCCOCCOC. The molecule has 0 aliphatic rings. The van der Waals surface area contributed by atoms with E-state index in [2.05, 4.69) is 0 Å². The molecule has 0 aliphatic carbocycles. The van der Waals surface area contributed by atoms with E-state index in [0.717, 1.165) is 6.42 Å². The smallest absolute Gasteiger partial charge is 0.305 e. The second-order valence-electron chi connectivity index (χ2n) is 2.58. The number of methoxy groups -OCH3 is 1. The van der Waals surface area contributed by atoms with Gasteiger partial charge in [-0.2, -0.15) is 0 Å². The Morgan fingerprint density at radius 2 is 1.85 bits per heavy atom. The lowest BCUT2D eigenvalue weighted by Gasteiger charge is -2.04. The van der Waals surface area contributed by atoms with Crippen LogP contribution in [-0.2, 0) is 19.0 Å². The molecule has 0 aliphatic heterocycles. The summed E-state index contributed by atoms with van der Waals surface area (Å²) in [7, 11) is 1.62. The first-order valence-corrected chi connectivity index (χ1v) is 4.53. The molecule has 0 spiro atoms. The van der Waals surface area contributed by atoms with Crippen LogP contribution in [0.1, 0.15) is 19.8 Å². The van der Waals surface area contributed by atoms with Crippen molar-refractivity contribution in [3.05, 3.63) is 0 Å². The predicted molar refractivity (Wildman–Crippen MR) is 48.6 cm³/mol. The van der Waals surface area contributed by atoms with E-state index in [4.69, 9.17) is 14.2 Å². The number of carbonyl (C=O) groups is 1. The quantitative estimate of drug-likeness (QED) is 0.423. The van der Waals surface area contributed by atoms with Crippen molar-refractivity contribution in [1.29, 1.82) is 0 Å². The molecule has 0 aromatic heterocycles. The summed E-state index contributed by atoms with van der Waals surface area (Å²) in [5.74, 6) is -0.155. The van der Waals surface area contributed by atoms with Crippen molar-refractivity contribution in [1.82, 2.24) is 0 Å². The Labute approximate surface area is 79.2 Å². The molecule has 0 amide bonds. The summed E-state index contributed by atoms with van der Waals surface area (Å²) in [6.07, 6.45) is 1.31. The van der Waals surface area contributed by atoms with E-state index >= 15 is 0 Å². The second-order valence-corrected chi connectivity index (χ2v) is 2.58. The third-order valence-electron chi connectivity index (χ3n) is 1.38. The molecule has 78 valence electrons. The second kappa shape index (κ2) is 9.48. The maximum absolute atomic E-state index is 10.8. The lowest BCUT2D eigenvalue weighted by molar-refractivity contribution is -0.145. The average Bonchev–Trinajstić information content (AvgIpc) is 2.11. The monoisotopic (exact) mass is 190 g/mol. The highest BCUT2D eigenvalue weighted by atomic mass is 16.6. The summed E-state index contributed by atoms with van der Waals surface area (Å²) in [5.41, 5.74) is 0. The highest BCUT2D eigenvalue weighted by molar-refractivity contribution is 5.69. The van der Waals surface area contributed by atoms with Gasteiger partial charge in [0.15, 0.2) is 0 Å². The lowest BCUT2D eigenvalue weighted by Crippen LogP contribution is -2.12. The van der Waals surface area contributed by atoms with Gasteiger partial charge < -0.3 is 14.2 Å². The largest absolute Gasteiger partial charge is 0.463 e. The van der Waals surface area contributed by atoms with Crippen molar-refractivity contribution in [3.8, 4) is 0 Å². The first-order valence-electron chi connectivity index (χ1n) is 4.53. The van der Waals surface area contributed by atoms with Gasteiger partial charge in [-0.05, 0) is 6.42 Å². The van der Waals surface area contributed by atoms with Crippen LogP contribution in [0.15, 0.2) is 0 Å². The van der Waals surface area contributed by atoms with Crippen molar-refractivity contribution in [3.63, 3.8) is 0 Å². The number of hydrogen-bond acceptors (Lipinski definition) is 4. The summed E-state index contributed by atoms with van der Waals surface area (Å²) in [5, 5.41) is 0. The fourth-order valence-electron chi connectivity index (χ4n) is 0.735. The molecule has 4 heteroatoms. The molecular formula is C9H18O4. The van der Waals surface area contributed by atoms with Gasteiger partial charge in [0, 0.05) is 13.5 Å². The normalized spacial score (nSPS) is 10.0. The van der Waals surface area contributed by atoms with Gasteiger partial charge in [-0.25, -0.2) is 0 Å². The Balaban J connectivity index is 3.02. The average molecular weight is 190 g/mol. The van der Waals surface area contributed by atoms with Crippen molar-refractivity contribution >= 4 is 5.97 Å². The summed E-state index contributed by atoms with van der Waals surface area (Å²) < 4.78 is 14.7. The van der Waals surface area contributed by atoms with Gasteiger partial charge in [-0.3, -0.25) is 4.79 Å². The van der Waals surface area contributed by atoms with Gasteiger partial charge in [0.1, 0.15) is 6.61 Å². The zero-order chi connectivity index (χ0) is 9.94. The molecule has 0 saturated heterocycles. The Kier molecular flexibility index (Phi) is 9.03. The third-order valence-corrected chi connectivity index (χ3v) is 1.38. The molecule has 4 nitrogen and oxygen atoms in total. The molecule has 0 N–H and O–H groups in total. The van der Waals surface area contributed by atoms with Gasteiger partial charge in [-0.15, -0.1) is 0 Å². The molecule has 0 radical (unpaired) electrons. The van der Waals surface area contributed by atoms with Crippen molar-refractivity contribution < 1.29 is 19.0 Å². The highest BCUT2D eigenvalue weighted by Gasteiger charge is 1.99. The van der Waals surface area contributed by atoms with Crippen molar-refractivity contribution in [2.75, 3.05) is 33.5 Å². The predicted octanol–water partition coefficient (Wildman–Crippen LogP) is 0.993. The summed E-state index contributed by atoms with van der Waals surface area (Å²) >= 11 is 0. The van der Waals surface area contributed by atoms with E-state index in [1.807, 2.05) is 6.92 Å². The molecule has 0 aromatic rings. The third kappa shape index (κ3) is 9.30. The lowest BCUT2D eigenvalue weighted by atomic mass is 10.3. The minimum absolute atomic E-state index is 0.155. The molecule has 0 heterocycles. The number of rotatable bonds is 8. The van der Waals surface area contributed by atoms with Crippen LogP contribution >= 0.6 is 0 Å². The highest BCUT2D eigenvalue weighted by Crippen LogP contribution is 1.90. The van der Waals surface area contributed by atoms with Crippen LogP contribution in [0, 0.1) is 0 Å². The van der Waals surface area contributed by atoms with Gasteiger partial charge >= 0.3 is 5.97 Å². The van der Waals surface area contributed by atoms with Crippen LogP contribution in [0.4, 0.5) is 0 Å². The molecule has 0 fully saturated rings. The van der Waals surface area contributed by atoms with Gasteiger partial charge in [-0.1, -0.05) is 6.92 Å². The van der Waals surface area contributed by atoms with Crippen LogP contribution in [0.5, 0.6) is 0 Å². The fraction of sp³-hybridized carbons (Fsp3) is 0.889. The zero-order valence-electron chi connectivity index (χ0n) is 8.38. The van der Waals surface area contributed by atoms with Crippen LogP contribution in [0.3, 0.4) is 0 Å². The van der Waals surface area contributed by atoms with E-state index in [0.29, 0.717) is 32.8 Å². The fourth-order valence-corrected chi connectivity index (χ4v) is 0.735. The van der Waals surface area contributed by atoms with Crippen LogP contribution in [0.25, 0.3) is 0 Å². The van der Waals surface area contributed by atoms with Crippen LogP contribution in [-0.4, -0.2) is 39.5 Å². The Morgan fingerprint density at radius 1 is 1.15 bits per heavy atom. The van der Waals surface area contributed by atoms with E-state index in [-0.39, 0.29) is 5.97 Å². The molecule has 0 unspecified atom stereocenters. The number of hydrogen-bond donors (Lipinski definition) is 0. The molecule has 13 heavy (non-hydrogen) atoms. The van der Waals surface area contributed by atoms with Crippen LogP contribution < -0.4 is 0 Å². The Bertz CT molecular complexity index is 125. The van der Waals surface area contributed by atoms with Gasteiger partial charge in [0.2, 0.25) is 0 Å². The van der Waals surface area contributed by atoms with Gasteiger partial charge in [0.25, 0.3) is 0 Å². The summed E-state index contributed by atoms with van der Waals surface area (Å²) in [6.45, 7) is 3.84. The molecule has 0 bridgehead atoms. The molecule has 0 aromatic carbocycles. The van der Waals surface area contributed by atoms with Crippen LogP contribution in [0.2, 0.25) is 0 Å². The maximum atomic E-state index is 10.8. The minimum atomic E-state index is -0.155. The number of ether oxygens (including phenoxy) is 3. The van der Waals surface area contributed by atoms with E-state index in [1.165, 1.54) is 0 Å². The molecule has 0 rings (SSSR count). The van der Waals surface area contributed by atoms with Crippen molar-refractivity contribution in [2.45, 2.75) is 19.8 Å². The summed E-state index contributed by atoms with van der Waals surface area (Å²) in [6, 6.07) is 0. The van der Waals surface area contributed by atoms with E-state index in [9.17, 15) is 4.79 Å². The topological polar surface area (TPSA) is 44.8 Å². The first-order chi connectivity index (χ1) is 6.31. The molecule has 0 atom stereocenters. The number of carbonyl (C=O) groups excluding carboxylic acids is 1. The minimum Gasteiger partial charge on any atom is -0.463 e. The number of esters is 1. The molecule has 0 saturated carbocycles. The molecular weight excluding hydrogens is 172 g/mol. The summed E-state index contributed by atoms with van der Waals surface area (Å²) in [4.78, 5) is 10.8. The van der Waals surface area contributed by atoms with E-state index in [1.54, 1.807) is 7.11 Å². The standard InChI is InChI=1S/C9H18O4/c1-3-4-9(10)13-8-7-12-6-5-11-2/h3-8H2,1-2H3. The zero-order valence-corrected chi connectivity index (χ0v) is 8.38. The Hall–Kier alpha value is -0.610.